The van der Waals surface area contributed by atoms with Gasteiger partial charge in [0.25, 0.3) is 0 Å². The van der Waals surface area contributed by atoms with Crippen LogP contribution in [0.25, 0.3) is 0 Å². The Labute approximate surface area is 305 Å². The first-order valence-electron chi connectivity index (χ1n) is 18.7. The molecule has 0 amide bonds. The minimum atomic E-state index is -1.85. The molecular formula is C37H70N2O12. The fourth-order valence-electron chi connectivity index (χ4n) is 8.63. The van der Waals surface area contributed by atoms with Gasteiger partial charge < -0.3 is 64.6 Å². The lowest BCUT2D eigenvalue weighted by Crippen LogP contribution is -2.62. The number of likely N-dealkylation sites (N-methyl/N-ethyl adjacent to an activating group) is 1. The Kier molecular flexibility index (Phi) is 15.0. The molecule has 3 fully saturated rings. The number of methoxy groups -OCH3 is 1. The minimum absolute atomic E-state index is 0.0888. The predicted molar refractivity (Wildman–Crippen MR) is 189 cm³/mol. The van der Waals surface area contributed by atoms with Gasteiger partial charge >= 0.3 is 5.97 Å². The molecule has 3 rings (SSSR count). The zero-order valence-corrected chi connectivity index (χ0v) is 33.2. The zero-order chi connectivity index (χ0) is 39.0. The number of nitrogens with zero attached hydrogens (tertiary/aromatic N) is 1. The fourth-order valence-corrected chi connectivity index (χ4v) is 8.63. The van der Waals surface area contributed by atoms with Gasteiger partial charge in [0, 0.05) is 37.5 Å². The largest absolute Gasteiger partial charge is 0.459 e. The average molecular weight is 735 g/mol. The van der Waals surface area contributed by atoms with Crippen molar-refractivity contribution in [1.82, 2.24) is 4.90 Å². The summed E-state index contributed by atoms with van der Waals surface area (Å²) in [5.74, 6) is -3.57. The molecular weight excluding hydrogens is 664 g/mol. The summed E-state index contributed by atoms with van der Waals surface area (Å²) in [5.41, 5.74) is 2.20. The molecule has 3 heterocycles. The number of nitrogens with two attached hydrogens (primary N) is 1. The van der Waals surface area contributed by atoms with Crippen molar-refractivity contribution in [3.8, 4) is 0 Å². The second kappa shape index (κ2) is 17.2. The van der Waals surface area contributed by atoms with Crippen molar-refractivity contribution >= 4 is 5.97 Å². The second-order valence-electron chi connectivity index (χ2n) is 16.8. The molecule has 300 valence electrons. The predicted octanol–water partition coefficient (Wildman–Crippen LogP) is 1.54. The summed E-state index contributed by atoms with van der Waals surface area (Å²) in [4.78, 5) is 16.0. The fraction of sp³-hybridized carbons (Fsp3) is 0.973. The summed E-state index contributed by atoms with van der Waals surface area (Å²) in [6, 6.07) is -0.983. The minimum Gasteiger partial charge on any atom is -0.459 e. The summed E-state index contributed by atoms with van der Waals surface area (Å²) in [6.45, 7) is 17.2. The molecule has 3 saturated heterocycles. The van der Waals surface area contributed by atoms with Gasteiger partial charge in [-0.15, -0.1) is 0 Å². The van der Waals surface area contributed by atoms with Crippen LogP contribution in [0.1, 0.15) is 94.9 Å². The van der Waals surface area contributed by atoms with Gasteiger partial charge in [-0.25, -0.2) is 0 Å². The topological polar surface area (TPSA) is 203 Å². The molecule has 0 aliphatic carbocycles. The lowest BCUT2D eigenvalue weighted by Gasteiger charge is -2.49. The Hall–Kier alpha value is -1.01. The van der Waals surface area contributed by atoms with E-state index in [0.717, 1.165) is 0 Å². The van der Waals surface area contributed by atoms with Gasteiger partial charge in [0.1, 0.15) is 23.9 Å². The van der Waals surface area contributed by atoms with Crippen molar-refractivity contribution in [2.45, 2.75) is 185 Å². The lowest BCUT2D eigenvalue weighted by atomic mass is 9.72. The third kappa shape index (κ3) is 9.63. The number of rotatable bonds is 7. The van der Waals surface area contributed by atoms with Crippen LogP contribution in [0.5, 0.6) is 0 Å². The molecule has 0 spiro atoms. The van der Waals surface area contributed by atoms with Crippen molar-refractivity contribution in [2.75, 3.05) is 21.2 Å². The van der Waals surface area contributed by atoms with Gasteiger partial charge in [-0.2, -0.15) is 0 Å². The van der Waals surface area contributed by atoms with Crippen LogP contribution in [0.4, 0.5) is 0 Å². The molecule has 0 aromatic heterocycles. The first kappa shape index (κ1) is 44.4. The molecule has 8 unspecified atom stereocenters. The highest BCUT2D eigenvalue weighted by Gasteiger charge is 2.53. The molecule has 7 N–H and O–H groups in total. The van der Waals surface area contributed by atoms with E-state index in [2.05, 4.69) is 0 Å². The van der Waals surface area contributed by atoms with Crippen molar-refractivity contribution in [1.29, 1.82) is 0 Å². The van der Waals surface area contributed by atoms with Crippen LogP contribution < -0.4 is 5.73 Å². The zero-order valence-electron chi connectivity index (χ0n) is 33.2. The van der Waals surface area contributed by atoms with Gasteiger partial charge in [0.05, 0.1) is 47.6 Å². The molecule has 0 aromatic carbocycles. The van der Waals surface area contributed by atoms with Crippen LogP contribution in [0.3, 0.4) is 0 Å². The van der Waals surface area contributed by atoms with E-state index in [1.54, 1.807) is 48.5 Å². The Morgan fingerprint density at radius 1 is 0.922 bits per heavy atom. The third-order valence-corrected chi connectivity index (χ3v) is 12.2. The maximum absolute atomic E-state index is 14.1. The molecule has 14 nitrogen and oxygen atoms in total. The quantitative estimate of drug-likeness (QED) is 0.206. The molecule has 14 heteroatoms. The van der Waals surface area contributed by atoms with Crippen molar-refractivity contribution in [2.24, 2.45) is 29.4 Å². The number of hydrogen-bond acceptors (Lipinski definition) is 14. The normalized spacial score (nSPS) is 51.2. The Bertz CT molecular complexity index is 1130. The third-order valence-electron chi connectivity index (χ3n) is 12.2. The molecule has 0 radical (unpaired) electrons. The van der Waals surface area contributed by atoms with E-state index in [0.29, 0.717) is 6.42 Å². The van der Waals surface area contributed by atoms with E-state index >= 15 is 0 Å². The van der Waals surface area contributed by atoms with Crippen LogP contribution in [-0.2, 0) is 33.2 Å². The first-order chi connectivity index (χ1) is 23.4. The number of carbonyl (C=O) groups is 1. The lowest BCUT2D eigenvalue weighted by molar-refractivity contribution is -0.318. The number of aliphatic hydroxyl groups excluding tert-OH is 3. The van der Waals surface area contributed by atoms with Crippen LogP contribution in [-0.4, -0.2) is 148 Å². The Balaban J connectivity index is 2.18. The van der Waals surface area contributed by atoms with Crippen LogP contribution >= 0.6 is 0 Å². The number of carbonyl (C=O) groups excluding carboxylic acids is 1. The second-order valence-corrected chi connectivity index (χ2v) is 16.8. The van der Waals surface area contributed by atoms with Gasteiger partial charge in [-0.05, 0) is 80.8 Å². The number of ether oxygens (including phenoxy) is 6. The molecule has 51 heavy (non-hydrogen) atoms. The van der Waals surface area contributed by atoms with Crippen LogP contribution in [0.15, 0.2) is 0 Å². The summed E-state index contributed by atoms with van der Waals surface area (Å²) in [6.07, 6.45) is -8.68. The maximum atomic E-state index is 14.1. The molecule has 19 atom stereocenters. The van der Waals surface area contributed by atoms with Gasteiger partial charge in [0.15, 0.2) is 12.6 Å². The Morgan fingerprint density at radius 2 is 1.53 bits per heavy atom. The SMILES string of the molecule is CC[C@H]1OC(=O)[C@H](C)[C@@H](OC2CC(C)(OC)C(O)C(C)O2)[C@H](C)[C@@H](OC2OC(C)CC(N(C)C)C2O)[C@](C)(O)C[C@@H](C)[C@@H](N)[C@H](C)[C@@H](O)[C@]1(C)O. The van der Waals surface area contributed by atoms with Gasteiger partial charge in [-0.1, -0.05) is 27.7 Å². The smallest absolute Gasteiger partial charge is 0.311 e. The summed E-state index contributed by atoms with van der Waals surface area (Å²) in [7, 11) is 5.24. The Morgan fingerprint density at radius 3 is 2.08 bits per heavy atom. The van der Waals surface area contributed by atoms with E-state index in [1.807, 2.05) is 32.8 Å². The number of aliphatic hydroxyl groups is 5. The summed E-state index contributed by atoms with van der Waals surface area (Å²) in [5, 5.41) is 58.0. The van der Waals surface area contributed by atoms with Gasteiger partial charge in [-0.3, -0.25) is 4.79 Å². The van der Waals surface area contributed by atoms with E-state index in [9.17, 15) is 30.3 Å². The van der Waals surface area contributed by atoms with Crippen molar-refractivity contribution < 1.29 is 58.7 Å². The number of esters is 1. The van der Waals surface area contributed by atoms with Gasteiger partial charge in [0.2, 0.25) is 0 Å². The molecule has 3 aliphatic heterocycles. The van der Waals surface area contributed by atoms with E-state index in [4.69, 9.17) is 34.2 Å². The van der Waals surface area contributed by atoms with E-state index in [-0.39, 0.29) is 31.4 Å². The maximum Gasteiger partial charge on any atom is 0.311 e. The van der Waals surface area contributed by atoms with Crippen molar-refractivity contribution in [3.63, 3.8) is 0 Å². The summed E-state index contributed by atoms with van der Waals surface area (Å²) >= 11 is 0. The highest BCUT2D eigenvalue weighted by atomic mass is 16.7. The highest BCUT2D eigenvalue weighted by molar-refractivity contribution is 5.73. The standard InChI is InChI=1S/C37H70N2O12/c1-14-25-37(10,45)30(41)20(4)27(38)18(2)16-35(8,44)32(51-34-28(40)24(39(11)12)15-19(3)47-34)21(5)29(22(6)33(43)49-25)50-26-17-36(9,46-13)31(42)23(7)48-26/h18-32,34,40-42,44-45H,14-17,38H2,1-13H3/t18-,19?,20+,21+,22-,23?,24?,25-,26?,27-,28?,29+,30-,31?,32-,34?,35-,36?,37-/m1/s1. The van der Waals surface area contributed by atoms with E-state index in [1.165, 1.54) is 14.0 Å². The molecule has 0 aromatic rings. The molecule has 0 saturated carbocycles. The summed E-state index contributed by atoms with van der Waals surface area (Å²) < 4.78 is 37.3. The van der Waals surface area contributed by atoms with Crippen LogP contribution in [0, 0.1) is 23.7 Å². The van der Waals surface area contributed by atoms with Crippen molar-refractivity contribution in [3.05, 3.63) is 0 Å². The molecule has 3 aliphatic rings. The average Bonchev–Trinajstić information content (AvgIpc) is 3.05. The monoisotopic (exact) mass is 734 g/mol. The van der Waals surface area contributed by atoms with E-state index < -0.39 is 108 Å². The first-order valence-corrected chi connectivity index (χ1v) is 18.7. The number of hydrogen-bond donors (Lipinski definition) is 6. The van der Waals surface area contributed by atoms with Crippen LogP contribution in [0.2, 0.25) is 0 Å². The number of cyclic esters (lactones) is 1. The molecule has 0 bridgehead atoms. The highest BCUT2D eigenvalue weighted by Crippen LogP contribution is 2.41.